The van der Waals surface area contributed by atoms with Crippen LogP contribution in [-0.4, -0.2) is 25.2 Å². The zero-order valence-corrected chi connectivity index (χ0v) is 12.9. The van der Waals surface area contributed by atoms with E-state index in [0.717, 1.165) is 5.56 Å². The number of ether oxygens (including phenoxy) is 2. The Morgan fingerprint density at radius 1 is 1.19 bits per heavy atom. The third kappa shape index (κ3) is 6.47. The van der Waals surface area contributed by atoms with E-state index in [1.54, 1.807) is 24.3 Å². The Morgan fingerprint density at radius 2 is 1.86 bits per heavy atom. The molecule has 0 saturated carbocycles. The van der Waals surface area contributed by atoms with E-state index in [1.807, 2.05) is 0 Å². The van der Waals surface area contributed by atoms with E-state index >= 15 is 0 Å². The van der Waals surface area contributed by atoms with Crippen LogP contribution in [0.5, 0.6) is 0 Å². The lowest BCUT2D eigenvalue weighted by molar-refractivity contribution is -0.146. The minimum atomic E-state index is -0.549. The maximum absolute atomic E-state index is 11.4. The molecule has 1 aromatic rings. The second kappa shape index (κ2) is 8.49. The maximum atomic E-state index is 11.4. The molecule has 0 atom stereocenters. The number of benzene rings is 1. The van der Waals surface area contributed by atoms with E-state index in [1.165, 1.54) is 13.0 Å². The topological polar surface area (TPSA) is 52.6 Å². The van der Waals surface area contributed by atoms with Crippen molar-refractivity contribution >= 4 is 41.2 Å². The first-order chi connectivity index (χ1) is 9.90. The van der Waals surface area contributed by atoms with Crippen LogP contribution in [0.3, 0.4) is 0 Å². The summed E-state index contributed by atoms with van der Waals surface area (Å²) >= 11 is 11.6. The van der Waals surface area contributed by atoms with Gasteiger partial charge in [0.05, 0.1) is 10.0 Å². The molecule has 0 amide bonds. The number of halogens is 2. The Kier molecular flexibility index (Phi) is 6.99. The first-order valence-corrected chi connectivity index (χ1v) is 6.78. The van der Waals surface area contributed by atoms with Crippen LogP contribution in [-0.2, 0) is 19.1 Å². The molecule has 0 aliphatic rings. The molecule has 1 aromatic carbocycles. The van der Waals surface area contributed by atoms with Crippen LogP contribution in [0.25, 0.3) is 6.08 Å². The van der Waals surface area contributed by atoms with Gasteiger partial charge in [-0.15, -0.1) is 0 Å². The molecule has 6 heteroatoms. The Bertz CT molecular complexity index is 579. The van der Waals surface area contributed by atoms with Crippen molar-refractivity contribution in [2.45, 2.75) is 6.92 Å². The van der Waals surface area contributed by atoms with E-state index in [9.17, 15) is 9.59 Å². The fraction of sp³-hybridized carbons (Fsp3) is 0.200. The quantitative estimate of drug-likeness (QED) is 0.454. The standard InChI is InChI=1S/C15H14Cl2O4/c1-10(2)15(19)21-8-7-20-14(18)6-4-11-3-5-12(16)13(17)9-11/h3-6,9H,1,7-8H2,2H3/b6-4+. The van der Waals surface area contributed by atoms with Gasteiger partial charge in [0, 0.05) is 11.6 Å². The molecule has 112 valence electrons. The van der Waals surface area contributed by atoms with Gasteiger partial charge in [0.2, 0.25) is 0 Å². The minimum absolute atomic E-state index is 0.0158. The Labute approximate surface area is 132 Å². The van der Waals surface area contributed by atoms with Crippen LogP contribution < -0.4 is 0 Å². The summed E-state index contributed by atoms with van der Waals surface area (Å²) in [5.74, 6) is -1.06. The van der Waals surface area contributed by atoms with Crippen LogP contribution in [0.4, 0.5) is 0 Å². The van der Waals surface area contributed by atoms with Crippen molar-refractivity contribution in [3.05, 3.63) is 52.0 Å². The molecule has 0 aliphatic carbocycles. The van der Waals surface area contributed by atoms with Crippen LogP contribution in [0, 0.1) is 0 Å². The third-order valence-electron chi connectivity index (χ3n) is 2.26. The Hall–Kier alpha value is -1.78. The molecule has 21 heavy (non-hydrogen) atoms. The van der Waals surface area contributed by atoms with Gasteiger partial charge in [0.25, 0.3) is 0 Å². The average molecular weight is 329 g/mol. The summed E-state index contributed by atoms with van der Waals surface area (Å²) in [6.07, 6.45) is 2.80. The average Bonchev–Trinajstić information content (AvgIpc) is 2.44. The largest absolute Gasteiger partial charge is 0.459 e. The van der Waals surface area contributed by atoms with Crippen molar-refractivity contribution in [3.8, 4) is 0 Å². The lowest BCUT2D eigenvalue weighted by Gasteiger charge is -2.04. The predicted octanol–water partition coefficient (Wildman–Crippen LogP) is 3.67. The summed E-state index contributed by atoms with van der Waals surface area (Å²) in [6, 6.07) is 4.97. The molecule has 0 saturated heterocycles. The number of rotatable bonds is 6. The molecular formula is C15H14Cl2O4. The molecule has 1 rings (SSSR count). The monoisotopic (exact) mass is 328 g/mol. The van der Waals surface area contributed by atoms with Crippen molar-refractivity contribution in [1.29, 1.82) is 0 Å². The summed E-state index contributed by atoms with van der Waals surface area (Å²) in [5, 5.41) is 0.842. The summed E-state index contributed by atoms with van der Waals surface area (Å²) in [6.45, 7) is 4.93. The second-order valence-corrected chi connectivity index (χ2v) is 4.91. The van der Waals surface area contributed by atoms with Gasteiger partial charge < -0.3 is 9.47 Å². The van der Waals surface area contributed by atoms with Crippen molar-refractivity contribution in [2.75, 3.05) is 13.2 Å². The van der Waals surface area contributed by atoms with Gasteiger partial charge in [0.15, 0.2) is 0 Å². The highest BCUT2D eigenvalue weighted by molar-refractivity contribution is 6.42. The number of carbonyl (C=O) groups is 2. The summed E-state index contributed by atoms with van der Waals surface area (Å²) in [5.41, 5.74) is 1.01. The van der Waals surface area contributed by atoms with E-state index in [2.05, 4.69) is 6.58 Å². The molecule has 0 aliphatic heterocycles. The lowest BCUT2D eigenvalue weighted by atomic mass is 10.2. The molecule has 0 aromatic heterocycles. The van der Waals surface area contributed by atoms with E-state index < -0.39 is 11.9 Å². The molecule has 0 radical (unpaired) electrons. The minimum Gasteiger partial charge on any atom is -0.459 e. The zero-order chi connectivity index (χ0) is 15.8. The Morgan fingerprint density at radius 3 is 2.48 bits per heavy atom. The SMILES string of the molecule is C=C(C)C(=O)OCCOC(=O)/C=C/c1ccc(Cl)c(Cl)c1. The van der Waals surface area contributed by atoms with Crippen LogP contribution in [0.2, 0.25) is 10.0 Å². The van der Waals surface area contributed by atoms with Gasteiger partial charge in [-0.1, -0.05) is 35.8 Å². The number of carbonyl (C=O) groups excluding carboxylic acids is 2. The van der Waals surface area contributed by atoms with E-state index in [4.69, 9.17) is 32.7 Å². The van der Waals surface area contributed by atoms with E-state index in [0.29, 0.717) is 15.6 Å². The van der Waals surface area contributed by atoms with Gasteiger partial charge in [-0.3, -0.25) is 0 Å². The highest BCUT2D eigenvalue weighted by atomic mass is 35.5. The molecule has 0 fully saturated rings. The second-order valence-electron chi connectivity index (χ2n) is 4.09. The number of hydrogen-bond donors (Lipinski definition) is 0. The van der Waals surface area contributed by atoms with Crippen LogP contribution in [0.1, 0.15) is 12.5 Å². The van der Waals surface area contributed by atoms with Crippen molar-refractivity contribution < 1.29 is 19.1 Å². The fourth-order valence-corrected chi connectivity index (χ4v) is 1.53. The van der Waals surface area contributed by atoms with Crippen molar-refractivity contribution in [2.24, 2.45) is 0 Å². The fourth-order valence-electron chi connectivity index (χ4n) is 1.23. The summed E-state index contributed by atoms with van der Waals surface area (Å²) < 4.78 is 9.63. The first kappa shape index (κ1) is 17.3. The predicted molar refractivity (Wildman–Crippen MR) is 82.2 cm³/mol. The summed E-state index contributed by atoms with van der Waals surface area (Å²) in [7, 11) is 0. The molecule has 0 N–H and O–H groups in total. The lowest BCUT2D eigenvalue weighted by Crippen LogP contribution is -2.12. The molecule has 4 nitrogen and oxygen atoms in total. The molecule has 0 spiro atoms. The van der Waals surface area contributed by atoms with Gasteiger partial charge in [-0.2, -0.15) is 0 Å². The highest BCUT2D eigenvalue weighted by Crippen LogP contribution is 2.23. The van der Waals surface area contributed by atoms with Gasteiger partial charge in [-0.05, 0) is 30.7 Å². The van der Waals surface area contributed by atoms with Gasteiger partial charge in [0.1, 0.15) is 13.2 Å². The first-order valence-electron chi connectivity index (χ1n) is 6.02. The number of hydrogen-bond acceptors (Lipinski definition) is 4. The summed E-state index contributed by atoms with van der Waals surface area (Å²) in [4.78, 5) is 22.5. The zero-order valence-electron chi connectivity index (χ0n) is 11.4. The van der Waals surface area contributed by atoms with Crippen molar-refractivity contribution in [1.82, 2.24) is 0 Å². The van der Waals surface area contributed by atoms with Gasteiger partial charge in [-0.25, -0.2) is 9.59 Å². The molecular weight excluding hydrogens is 315 g/mol. The normalized spacial score (nSPS) is 10.4. The van der Waals surface area contributed by atoms with E-state index in [-0.39, 0.29) is 13.2 Å². The third-order valence-corrected chi connectivity index (χ3v) is 3.00. The molecule has 0 unspecified atom stereocenters. The van der Waals surface area contributed by atoms with Gasteiger partial charge >= 0.3 is 11.9 Å². The smallest absolute Gasteiger partial charge is 0.333 e. The van der Waals surface area contributed by atoms with Crippen LogP contribution in [0.15, 0.2) is 36.4 Å². The van der Waals surface area contributed by atoms with Crippen LogP contribution >= 0.6 is 23.2 Å². The highest BCUT2D eigenvalue weighted by Gasteiger charge is 2.03. The maximum Gasteiger partial charge on any atom is 0.333 e. The molecule has 0 bridgehead atoms. The van der Waals surface area contributed by atoms with Crippen molar-refractivity contribution in [3.63, 3.8) is 0 Å². The molecule has 0 heterocycles. The Balaban J connectivity index is 2.36. The number of esters is 2.